The summed E-state index contributed by atoms with van der Waals surface area (Å²) in [6, 6.07) is 0. The SMILES string of the molecule is COCO[C@H]1C2C[C@@H]2C[C@H]1O[Si](C)(C)C(C)(C)C. The van der Waals surface area contributed by atoms with Gasteiger partial charge in [0.15, 0.2) is 8.32 Å². The predicted octanol–water partition coefficient (Wildman–Crippen LogP) is 3.41. The van der Waals surface area contributed by atoms with E-state index in [-0.39, 0.29) is 11.1 Å². The average molecular weight is 272 g/mol. The molecule has 1 unspecified atom stereocenters. The summed E-state index contributed by atoms with van der Waals surface area (Å²) < 4.78 is 17.4. The lowest BCUT2D eigenvalue weighted by atomic mass is 10.2. The Morgan fingerprint density at radius 3 is 2.39 bits per heavy atom. The Hall–Kier alpha value is 0.0969. The lowest BCUT2D eigenvalue weighted by Gasteiger charge is -2.40. The number of hydrogen-bond donors (Lipinski definition) is 0. The molecule has 0 aromatic rings. The maximum Gasteiger partial charge on any atom is 0.192 e. The standard InChI is InChI=1S/C14H28O3Si/c1-14(2,3)18(5,6)17-12-8-10-7-11(10)13(12)16-9-15-4/h10-13H,7-9H2,1-6H3/t10-,11?,12-,13+/m1/s1. The van der Waals surface area contributed by atoms with Crippen LogP contribution in [0.4, 0.5) is 0 Å². The van der Waals surface area contributed by atoms with Gasteiger partial charge >= 0.3 is 0 Å². The highest BCUT2D eigenvalue weighted by atomic mass is 28.4. The van der Waals surface area contributed by atoms with Gasteiger partial charge < -0.3 is 13.9 Å². The summed E-state index contributed by atoms with van der Waals surface area (Å²) >= 11 is 0. The summed E-state index contributed by atoms with van der Waals surface area (Å²) in [6.45, 7) is 11.9. The number of hydrogen-bond acceptors (Lipinski definition) is 3. The van der Waals surface area contributed by atoms with Crippen LogP contribution in [0.15, 0.2) is 0 Å². The zero-order valence-electron chi connectivity index (χ0n) is 12.7. The molecule has 106 valence electrons. The van der Waals surface area contributed by atoms with Crippen LogP contribution in [0.25, 0.3) is 0 Å². The van der Waals surface area contributed by atoms with Gasteiger partial charge in [0.1, 0.15) is 6.79 Å². The van der Waals surface area contributed by atoms with Crippen LogP contribution < -0.4 is 0 Å². The smallest absolute Gasteiger partial charge is 0.192 e. The van der Waals surface area contributed by atoms with Crippen LogP contribution in [0.2, 0.25) is 18.1 Å². The van der Waals surface area contributed by atoms with Crippen LogP contribution in [0.1, 0.15) is 33.6 Å². The Labute approximate surface area is 112 Å². The van der Waals surface area contributed by atoms with E-state index in [0.29, 0.717) is 12.9 Å². The van der Waals surface area contributed by atoms with E-state index in [0.717, 1.165) is 11.8 Å². The zero-order valence-corrected chi connectivity index (χ0v) is 13.7. The summed E-state index contributed by atoms with van der Waals surface area (Å²) in [7, 11) is 0.00277. The van der Waals surface area contributed by atoms with Gasteiger partial charge in [0.2, 0.25) is 0 Å². The molecule has 2 aliphatic carbocycles. The molecule has 0 aromatic carbocycles. The third-order valence-corrected chi connectivity index (χ3v) is 9.44. The molecule has 0 N–H and O–H groups in total. The van der Waals surface area contributed by atoms with Gasteiger partial charge in [0, 0.05) is 7.11 Å². The Morgan fingerprint density at radius 2 is 1.83 bits per heavy atom. The summed E-state index contributed by atoms with van der Waals surface area (Å²) in [4.78, 5) is 0. The van der Waals surface area contributed by atoms with Crippen molar-refractivity contribution in [3.8, 4) is 0 Å². The first-order valence-corrected chi connectivity index (χ1v) is 9.95. The fourth-order valence-electron chi connectivity index (χ4n) is 2.70. The minimum absolute atomic E-state index is 0.268. The van der Waals surface area contributed by atoms with E-state index in [4.69, 9.17) is 13.9 Å². The van der Waals surface area contributed by atoms with E-state index in [9.17, 15) is 0 Å². The Kier molecular flexibility index (Phi) is 3.94. The van der Waals surface area contributed by atoms with Crippen LogP contribution in [0.5, 0.6) is 0 Å². The highest BCUT2D eigenvalue weighted by Gasteiger charge is 2.56. The van der Waals surface area contributed by atoms with Crippen LogP contribution in [0.3, 0.4) is 0 Å². The monoisotopic (exact) mass is 272 g/mol. The molecule has 2 fully saturated rings. The van der Waals surface area contributed by atoms with Gasteiger partial charge in [-0.25, -0.2) is 0 Å². The van der Waals surface area contributed by atoms with E-state index in [1.165, 1.54) is 12.8 Å². The van der Waals surface area contributed by atoms with Gasteiger partial charge in [-0.2, -0.15) is 0 Å². The van der Waals surface area contributed by atoms with Crippen molar-refractivity contribution in [3.05, 3.63) is 0 Å². The highest BCUT2D eigenvalue weighted by molar-refractivity contribution is 6.74. The third-order valence-electron chi connectivity index (χ3n) is 4.93. The molecule has 0 aromatic heterocycles. The molecule has 3 nitrogen and oxygen atoms in total. The van der Waals surface area contributed by atoms with Crippen LogP contribution in [0, 0.1) is 11.8 Å². The third kappa shape index (κ3) is 2.82. The summed E-state index contributed by atoms with van der Waals surface area (Å²) in [5.41, 5.74) is 0. The van der Waals surface area contributed by atoms with E-state index in [1.807, 2.05) is 0 Å². The van der Waals surface area contributed by atoms with Crippen molar-refractivity contribution in [2.24, 2.45) is 11.8 Å². The summed E-state index contributed by atoms with van der Waals surface area (Å²) in [5, 5.41) is 0.269. The molecule has 0 bridgehead atoms. The summed E-state index contributed by atoms with van der Waals surface area (Å²) in [5.74, 6) is 1.58. The molecule has 0 aliphatic heterocycles. The molecule has 0 heterocycles. The molecule has 4 heteroatoms. The second-order valence-corrected chi connectivity index (χ2v) is 12.1. The van der Waals surface area contributed by atoms with E-state index < -0.39 is 8.32 Å². The Bertz CT molecular complexity index is 298. The fourth-order valence-corrected chi connectivity index (χ4v) is 4.04. The maximum absolute atomic E-state index is 6.53. The molecule has 2 aliphatic rings. The van der Waals surface area contributed by atoms with Gasteiger partial charge in [-0.15, -0.1) is 0 Å². The molecule has 2 rings (SSSR count). The van der Waals surface area contributed by atoms with E-state index in [2.05, 4.69) is 33.9 Å². The molecule has 0 radical (unpaired) electrons. The molecule has 0 amide bonds. The molecule has 18 heavy (non-hydrogen) atoms. The normalized spacial score (nSPS) is 35.7. The molecule has 2 saturated carbocycles. The first-order valence-electron chi connectivity index (χ1n) is 7.04. The lowest BCUT2D eigenvalue weighted by molar-refractivity contribution is -0.107. The molecule has 0 spiro atoms. The lowest BCUT2D eigenvalue weighted by Crippen LogP contribution is -2.47. The van der Waals surface area contributed by atoms with Crippen LogP contribution in [-0.2, 0) is 13.9 Å². The first-order chi connectivity index (χ1) is 8.26. The average Bonchev–Trinajstić information content (AvgIpc) is 2.89. The van der Waals surface area contributed by atoms with Crippen molar-refractivity contribution in [2.75, 3.05) is 13.9 Å². The van der Waals surface area contributed by atoms with Gasteiger partial charge in [0.05, 0.1) is 12.2 Å². The molecule has 4 atom stereocenters. The van der Waals surface area contributed by atoms with Crippen LogP contribution in [-0.4, -0.2) is 34.4 Å². The van der Waals surface area contributed by atoms with Gasteiger partial charge in [-0.3, -0.25) is 0 Å². The Morgan fingerprint density at radius 1 is 1.17 bits per heavy atom. The minimum atomic E-state index is -1.68. The van der Waals surface area contributed by atoms with Crippen LogP contribution >= 0.6 is 0 Å². The van der Waals surface area contributed by atoms with E-state index >= 15 is 0 Å². The topological polar surface area (TPSA) is 27.7 Å². The molecule has 0 saturated heterocycles. The van der Waals surface area contributed by atoms with Crippen molar-refractivity contribution < 1.29 is 13.9 Å². The van der Waals surface area contributed by atoms with Crippen molar-refractivity contribution >= 4 is 8.32 Å². The second kappa shape index (κ2) is 4.89. The number of ether oxygens (including phenoxy) is 2. The van der Waals surface area contributed by atoms with Crippen molar-refractivity contribution in [2.45, 2.75) is 64.0 Å². The number of fused-ring (bicyclic) bond motifs is 1. The zero-order chi connectivity index (χ0) is 13.6. The van der Waals surface area contributed by atoms with E-state index in [1.54, 1.807) is 7.11 Å². The predicted molar refractivity (Wildman–Crippen MR) is 75.0 cm³/mol. The quantitative estimate of drug-likeness (QED) is 0.567. The highest BCUT2D eigenvalue weighted by Crippen LogP contribution is 2.55. The van der Waals surface area contributed by atoms with Gasteiger partial charge in [-0.1, -0.05) is 20.8 Å². The van der Waals surface area contributed by atoms with Crippen molar-refractivity contribution in [3.63, 3.8) is 0 Å². The number of methoxy groups -OCH3 is 1. The van der Waals surface area contributed by atoms with Gasteiger partial charge in [-0.05, 0) is 42.8 Å². The Balaban J connectivity index is 1.96. The van der Waals surface area contributed by atoms with Crippen molar-refractivity contribution in [1.29, 1.82) is 0 Å². The fraction of sp³-hybridized carbons (Fsp3) is 1.00. The first kappa shape index (κ1) is 14.5. The minimum Gasteiger partial charge on any atom is -0.411 e. The summed E-state index contributed by atoms with van der Waals surface area (Å²) in [6.07, 6.45) is 3.07. The molecular weight excluding hydrogens is 244 g/mol. The van der Waals surface area contributed by atoms with Gasteiger partial charge in [0.25, 0.3) is 0 Å². The van der Waals surface area contributed by atoms with Crippen molar-refractivity contribution in [1.82, 2.24) is 0 Å². The molecular formula is C14H28O3Si. The maximum atomic E-state index is 6.53. The second-order valence-electron chi connectivity index (χ2n) is 7.35. The largest absolute Gasteiger partial charge is 0.411 e. The number of rotatable bonds is 5.